The number of benzene rings is 1. The third-order valence-electron chi connectivity index (χ3n) is 2.34. The first-order valence-electron chi connectivity index (χ1n) is 5.29. The fourth-order valence-electron chi connectivity index (χ4n) is 1.43. The number of halogens is 1. The van der Waals surface area contributed by atoms with Gasteiger partial charge in [-0.3, -0.25) is 4.68 Å². The van der Waals surface area contributed by atoms with Crippen molar-refractivity contribution in [3.05, 3.63) is 48.0 Å². The molecule has 0 spiro atoms. The van der Waals surface area contributed by atoms with Crippen LogP contribution in [0.25, 0.3) is 0 Å². The van der Waals surface area contributed by atoms with Gasteiger partial charge in [-0.2, -0.15) is 5.10 Å². The van der Waals surface area contributed by atoms with E-state index >= 15 is 0 Å². The van der Waals surface area contributed by atoms with Crippen LogP contribution in [0.1, 0.15) is 12.6 Å². The average molecular weight is 219 g/mol. The van der Waals surface area contributed by atoms with Crippen LogP contribution in [0.2, 0.25) is 0 Å². The van der Waals surface area contributed by atoms with Crippen LogP contribution in [-0.2, 0) is 13.1 Å². The average Bonchev–Trinajstić information content (AvgIpc) is 2.76. The maximum atomic E-state index is 12.7. The van der Waals surface area contributed by atoms with Gasteiger partial charge in [0.2, 0.25) is 0 Å². The molecule has 0 fully saturated rings. The van der Waals surface area contributed by atoms with Gasteiger partial charge in [-0.1, -0.05) is 0 Å². The molecule has 0 amide bonds. The number of hydrogen-bond donors (Lipinski definition) is 1. The minimum Gasteiger partial charge on any atom is -0.379 e. The SMILES string of the molecule is CCn1ccc(CNc2ccc(F)cc2)n1. The van der Waals surface area contributed by atoms with Gasteiger partial charge in [-0.05, 0) is 37.3 Å². The normalized spacial score (nSPS) is 10.4. The van der Waals surface area contributed by atoms with Crippen molar-refractivity contribution in [3.8, 4) is 0 Å². The zero-order chi connectivity index (χ0) is 11.4. The summed E-state index contributed by atoms with van der Waals surface area (Å²) in [5, 5.41) is 7.52. The number of nitrogens with zero attached hydrogens (tertiary/aromatic N) is 2. The van der Waals surface area contributed by atoms with Gasteiger partial charge >= 0.3 is 0 Å². The molecule has 0 atom stereocenters. The van der Waals surface area contributed by atoms with Crippen LogP contribution in [0.15, 0.2) is 36.5 Å². The van der Waals surface area contributed by atoms with Gasteiger partial charge < -0.3 is 5.32 Å². The summed E-state index contributed by atoms with van der Waals surface area (Å²) in [6.07, 6.45) is 1.95. The van der Waals surface area contributed by atoms with Crippen LogP contribution in [0.4, 0.5) is 10.1 Å². The van der Waals surface area contributed by atoms with Gasteiger partial charge in [0.1, 0.15) is 5.82 Å². The summed E-state index contributed by atoms with van der Waals surface area (Å²) >= 11 is 0. The number of rotatable bonds is 4. The molecule has 0 aliphatic carbocycles. The van der Waals surface area contributed by atoms with Crippen LogP contribution >= 0.6 is 0 Å². The molecule has 16 heavy (non-hydrogen) atoms. The Kier molecular flexibility index (Phi) is 3.19. The second-order valence-electron chi connectivity index (χ2n) is 3.52. The Balaban J connectivity index is 1.94. The smallest absolute Gasteiger partial charge is 0.123 e. The van der Waals surface area contributed by atoms with E-state index in [2.05, 4.69) is 10.4 Å². The highest BCUT2D eigenvalue weighted by atomic mass is 19.1. The van der Waals surface area contributed by atoms with Crippen LogP contribution in [0.3, 0.4) is 0 Å². The van der Waals surface area contributed by atoms with E-state index in [0.29, 0.717) is 6.54 Å². The first kappa shape index (κ1) is 10.7. The highest BCUT2D eigenvalue weighted by molar-refractivity contribution is 5.42. The van der Waals surface area contributed by atoms with E-state index in [-0.39, 0.29) is 5.82 Å². The van der Waals surface area contributed by atoms with Crippen molar-refractivity contribution in [2.45, 2.75) is 20.0 Å². The summed E-state index contributed by atoms with van der Waals surface area (Å²) in [7, 11) is 0. The molecular formula is C12H14FN3. The Bertz CT molecular complexity index is 448. The Hall–Kier alpha value is -1.84. The molecule has 3 nitrogen and oxygen atoms in total. The molecule has 0 unspecified atom stereocenters. The van der Waals surface area contributed by atoms with Crippen molar-refractivity contribution >= 4 is 5.69 Å². The van der Waals surface area contributed by atoms with Gasteiger partial charge in [-0.15, -0.1) is 0 Å². The van der Waals surface area contributed by atoms with Crippen LogP contribution in [0.5, 0.6) is 0 Å². The fraction of sp³-hybridized carbons (Fsp3) is 0.250. The standard InChI is InChI=1S/C12H14FN3/c1-2-16-8-7-12(15-16)9-14-11-5-3-10(13)4-6-11/h3-8,14H,2,9H2,1H3. The molecule has 4 heteroatoms. The predicted molar refractivity (Wildman–Crippen MR) is 61.6 cm³/mol. The Morgan fingerprint density at radius 3 is 2.62 bits per heavy atom. The first-order chi connectivity index (χ1) is 7.78. The monoisotopic (exact) mass is 219 g/mol. The third-order valence-corrected chi connectivity index (χ3v) is 2.34. The van der Waals surface area contributed by atoms with E-state index in [1.165, 1.54) is 12.1 Å². The highest BCUT2D eigenvalue weighted by Crippen LogP contribution is 2.09. The molecule has 1 aromatic heterocycles. The van der Waals surface area contributed by atoms with Crippen molar-refractivity contribution in [1.29, 1.82) is 0 Å². The quantitative estimate of drug-likeness (QED) is 0.856. The van der Waals surface area contributed by atoms with E-state index in [1.54, 1.807) is 12.1 Å². The largest absolute Gasteiger partial charge is 0.379 e. The lowest BCUT2D eigenvalue weighted by Crippen LogP contribution is -2.02. The van der Waals surface area contributed by atoms with E-state index < -0.39 is 0 Å². The van der Waals surface area contributed by atoms with Crippen LogP contribution < -0.4 is 5.32 Å². The minimum atomic E-state index is -0.221. The predicted octanol–water partition coefficient (Wildman–Crippen LogP) is 2.65. The molecule has 0 bridgehead atoms. The van der Waals surface area contributed by atoms with Crippen molar-refractivity contribution < 1.29 is 4.39 Å². The number of aryl methyl sites for hydroxylation is 1. The fourth-order valence-corrected chi connectivity index (χ4v) is 1.43. The molecule has 0 aliphatic heterocycles. The molecule has 1 N–H and O–H groups in total. The van der Waals surface area contributed by atoms with Crippen molar-refractivity contribution in [2.75, 3.05) is 5.32 Å². The topological polar surface area (TPSA) is 29.9 Å². The van der Waals surface area contributed by atoms with Gasteiger partial charge in [0.05, 0.1) is 12.2 Å². The molecule has 1 heterocycles. The molecule has 0 aliphatic rings. The van der Waals surface area contributed by atoms with E-state index in [0.717, 1.165) is 17.9 Å². The van der Waals surface area contributed by atoms with Crippen molar-refractivity contribution in [1.82, 2.24) is 9.78 Å². The van der Waals surface area contributed by atoms with Gasteiger partial charge in [0, 0.05) is 18.4 Å². The lowest BCUT2D eigenvalue weighted by molar-refractivity contribution is 0.628. The zero-order valence-corrected chi connectivity index (χ0v) is 9.15. The number of aromatic nitrogens is 2. The van der Waals surface area contributed by atoms with Crippen LogP contribution in [0, 0.1) is 5.82 Å². The summed E-state index contributed by atoms with van der Waals surface area (Å²) in [6.45, 7) is 3.57. The maximum Gasteiger partial charge on any atom is 0.123 e. The third kappa shape index (κ3) is 2.59. The summed E-state index contributed by atoms with van der Waals surface area (Å²) in [4.78, 5) is 0. The zero-order valence-electron chi connectivity index (χ0n) is 9.15. The van der Waals surface area contributed by atoms with E-state index in [1.807, 2.05) is 23.9 Å². The van der Waals surface area contributed by atoms with Crippen molar-refractivity contribution in [3.63, 3.8) is 0 Å². The Morgan fingerprint density at radius 2 is 2.00 bits per heavy atom. The number of anilines is 1. The van der Waals surface area contributed by atoms with Gasteiger partial charge in [0.15, 0.2) is 0 Å². The lowest BCUT2D eigenvalue weighted by atomic mass is 10.3. The first-order valence-corrected chi connectivity index (χ1v) is 5.29. The molecule has 1 aromatic carbocycles. The lowest BCUT2D eigenvalue weighted by Gasteiger charge is -2.03. The second-order valence-corrected chi connectivity index (χ2v) is 3.52. The summed E-state index contributed by atoms with van der Waals surface area (Å²) < 4.78 is 14.5. The summed E-state index contributed by atoms with van der Waals surface area (Å²) in [5.74, 6) is -0.221. The number of nitrogens with one attached hydrogen (secondary N) is 1. The highest BCUT2D eigenvalue weighted by Gasteiger charge is 1.98. The van der Waals surface area contributed by atoms with Crippen molar-refractivity contribution in [2.24, 2.45) is 0 Å². The minimum absolute atomic E-state index is 0.221. The Labute approximate surface area is 93.9 Å². The molecule has 2 rings (SSSR count). The van der Waals surface area contributed by atoms with Gasteiger partial charge in [-0.25, -0.2) is 4.39 Å². The molecule has 0 saturated carbocycles. The van der Waals surface area contributed by atoms with Gasteiger partial charge in [0.25, 0.3) is 0 Å². The maximum absolute atomic E-state index is 12.7. The number of hydrogen-bond acceptors (Lipinski definition) is 2. The summed E-state index contributed by atoms with van der Waals surface area (Å²) in [6, 6.07) is 8.28. The molecule has 84 valence electrons. The van der Waals surface area contributed by atoms with Crippen LogP contribution in [-0.4, -0.2) is 9.78 Å². The molecular weight excluding hydrogens is 205 g/mol. The molecule has 0 radical (unpaired) electrons. The molecule has 0 saturated heterocycles. The second kappa shape index (κ2) is 4.79. The summed E-state index contributed by atoms with van der Waals surface area (Å²) in [5.41, 5.74) is 1.87. The molecule has 2 aromatic rings. The van der Waals surface area contributed by atoms with E-state index in [9.17, 15) is 4.39 Å². The van der Waals surface area contributed by atoms with E-state index in [4.69, 9.17) is 0 Å². The Morgan fingerprint density at radius 1 is 1.25 bits per heavy atom.